The Labute approximate surface area is 158 Å². The van der Waals surface area contributed by atoms with Crippen LogP contribution < -0.4 is 10.9 Å². The molecule has 0 bridgehead atoms. The van der Waals surface area contributed by atoms with Crippen LogP contribution in [0, 0.1) is 0 Å². The van der Waals surface area contributed by atoms with Gasteiger partial charge < -0.3 is 15.3 Å². The average molecular weight is 359 g/mol. The molecule has 27 heavy (non-hydrogen) atoms. The van der Waals surface area contributed by atoms with Gasteiger partial charge in [-0.15, -0.1) is 0 Å². The van der Waals surface area contributed by atoms with Crippen LogP contribution in [0.2, 0.25) is 0 Å². The monoisotopic (exact) mass is 359 g/mol. The first kappa shape index (κ1) is 17.6. The van der Waals surface area contributed by atoms with Crippen molar-refractivity contribution in [1.82, 2.24) is 15.3 Å². The highest BCUT2D eigenvalue weighted by Gasteiger charge is 2.20. The summed E-state index contributed by atoms with van der Waals surface area (Å²) in [5.74, 6) is 0. The number of fused-ring (bicyclic) bond motifs is 2. The number of hydrogen-bond donors (Lipinski definition) is 3. The van der Waals surface area contributed by atoms with Crippen molar-refractivity contribution in [2.24, 2.45) is 0 Å². The van der Waals surface area contributed by atoms with Crippen molar-refractivity contribution in [3.63, 3.8) is 0 Å². The minimum Gasteiger partial charge on any atom is -0.354 e. The molecule has 0 aliphatic heterocycles. The zero-order valence-electron chi connectivity index (χ0n) is 15.8. The number of nitrogens with one attached hydrogen (secondary N) is 3. The van der Waals surface area contributed by atoms with Crippen LogP contribution in [0.1, 0.15) is 32.3 Å². The van der Waals surface area contributed by atoms with Crippen LogP contribution in [0.5, 0.6) is 0 Å². The van der Waals surface area contributed by atoms with Gasteiger partial charge in [0.1, 0.15) is 0 Å². The lowest BCUT2D eigenvalue weighted by Crippen LogP contribution is -2.14. The third kappa shape index (κ3) is 3.67. The van der Waals surface area contributed by atoms with E-state index >= 15 is 0 Å². The molecule has 0 radical (unpaired) electrons. The number of aromatic nitrogens is 2. The highest BCUT2D eigenvalue weighted by atomic mass is 16.1. The maximum absolute atomic E-state index is 12.5. The molecule has 2 aromatic carbocycles. The van der Waals surface area contributed by atoms with Gasteiger partial charge in [0, 0.05) is 29.0 Å². The second kappa shape index (κ2) is 7.41. The molecule has 4 aromatic rings. The molecule has 2 heterocycles. The van der Waals surface area contributed by atoms with E-state index in [-0.39, 0.29) is 5.56 Å². The van der Waals surface area contributed by atoms with Crippen LogP contribution in [-0.4, -0.2) is 16.0 Å². The summed E-state index contributed by atoms with van der Waals surface area (Å²) in [6.45, 7) is 4.90. The molecule has 5 rings (SSSR count). The number of hydrogen-bond acceptors (Lipinski definition) is 2. The van der Waals surface area contributed by atoms with E-state index in [2.05, 4.69) is 39.6 Å². The van der Waals surface area contributed by atoms with Crippen molar-refractivity contribution >= 4 is 21.8 Å². The number of pyridine rings is 1. The maximum Gasteiger partial charge on any atom is 0.257 e. The quantitative estimate of drug-likeness (QED) is 0.482. The van der Waals surface area contributed by atoms with E-state index in [1.54, 1.807) is 0 Å². The summed E-state index contributed by atoms with van der Waals surface area (Å²) in [4.78, 5) is 18.8. The van der Waals surface area contributed by atoms with Gasteiger partial charge in [0.05, 0.1) is 11.3 Å². The zero-order chi connectivity index (χ0) is 18.8. The molecular formula is C23H25N3O. The molecule has 4 heteroatoms. The minimum absolute atomic E-state index is 0.0686. The predicted octanol–water partition coefficient (Wildman–Crippen LogP) is 4.95. The lowest BCUT2D eigenvalue weighted by Gasteiger charge is -2.02. The molecule has 0 saturated heterocycles. The van der Waals surface area contributed by atoms with Gasteiger partial charge in [-0.3, -0.25) is 4.79 Å². The molecule has 0 amide bonds. The molecule has 1 fully saturated rings. The molecule has 0 atom stereocenters. The Morgan fingerprint density at radius 2 is 1.70 bits per heavy atom. The zero-order valence-corrected chi connectivity index (χ0v) is 15.8. The fourth-order valence-corrected chi connectivity index (χ4v) is 3.33. The normalized spacial score (nSPS) is 13.6. The van der Waals surface area contributed by atoms with Gasteiger partial charge in [-0.1, -0.05) is 38.1 Å². The van der Waals surface area contributed by atoms with Crippen LogP contribution in [0.15, 0.2) is 59.4 Å². The molecule has 0 spiro atoms. The maximum atomic E-state index is 12.5. The first-order valence-electron chi connectivity index (χ1n) is 9.74. The van der Waals surface area contributed by atoms with Crippen LogP contribution in [0.25, 0.3) is 33.1 Å². The Hall–Kier alpha value is -2.85. The number of para-hydroxylation sites is 1. The van der Waals surface area contributed by atoms with Gasteiger partial charge in [0.25, 0.3) is 5.56 Å². The van der Waals surface area contributed by atoms with E-state index in [9.17, 15) is 4.79 Å². The van der Waals surface area contributed by atoms with Crippen molar-refractivity contribution in [3.05, 3.63) is 70.5 Å². The first-order chi connectivity index (χ1) is 13.3. The van der Waals surface area contributed by atoms with Crippen LogP contribution >= 0.6 is 0 Å². The van der Waals surface area contributed by atoms with Crippen LogP contribution in [0.3, 0.4) is 0 Å². The van der Waals surface area contributed by atoms with Gasteiger partial charge in [0.2, 0.25) is 0 Å². The van der Waals surface area contributed by atoms with E-state index in [1.807, 2.05) is 44.2 Å². The number of H-pyrrole nitrogens is 2. The van der Waals surface area contributed by atoms with Gasteiger partial charge in [-0.05, 0) is 54.1 Å². The topological polar surface area (TPSA) is 60.7 Å². The Kier molecular flexibility index (Phi) is 4.82. The van der Waals surface area contributed by atoms with Crippen molar-refractivity contribution in [2.45, 2.75) is 39.3 Å². The van der Waals surface area contributed by atoms with E-state index in [0.29, 0.717) is 11.6 Å². The van der Waals surface area contributed by atoms with Crippen molar-refractivity contribution in [3.8, 4) is 11.3 Å². The summed E-state index contributed by atoms with van der Waals surface area (Å²) in [5.41, 5.74) is 4.65. The third-order valence-electron chi connectivity index (χ3n) is 4.90. The Morgan fingerprint density at radius 1 is 0.926 bits per heavy atom. The molecular weight excluding hydrogens is 334 g/mol. The highest BCUT2D eigenvalue weighted by Crippen LogP contribution is 2.25. The van der Waals surface area contributed by atoms with Crippen molar-refractivity contribution < 1.29 is 0 Å². The average Bonchev–Trinajstić information content (AvgIpc) is 3.44. The lowest BCUT2D eigenvalue weighted by atomic mass is 10.1. The predicted molar refractivity (Wildman–Crippen MR) is 113 cm³/mol. The van der Waals surface area contributed by atoms with Gasteiger partial charge in [0.15, 0.2) is 0 Å². The molecule has 1 aliphatic rings. The number of benzene rings is 2. The molecule has 3 N–H and O–H groups in total. The summed E-state index contributed by atoms with van der Waals surface area (Å²) < 4.78 is 0. The van der Waals surface area contributed by atoms with Gasteiger partial charge >= 0.3 is 0 Å². The van der Waals surface area contributed by atoms with Crippen molar-refractivity contribution in [2.75, 3.05) is 0 Å². The fourth-order valence-electron chi connectivity index (χ4n) is 3.33. The highest BCUT2D eigenvalue weighted by molar-refractivity contribution is 5.89. The van der Waals surface area contributed by atoms with E-state index < -0.39 is 0 Å². The summed E-state index contributed by atoms with van der Waals surface area (Å²) >= 11 is 0. The third-order valence-corrected chi connectivity index (χ3v) is 4.90. The SMILES string of the molecule is CC.O=c1[nH]c2ccccc2cc1-c1cc2cc(CNC3CC3)ccc2[nH]1. The fraction of sp³-hybridized carbons (Fsp3) is 0.261. The summed E-state index contributed by atoms with van der Waals surface area (Å²) in [7, 11) is 0. The largest absolute Gasteiger partial charge is 0.354 e. The number of rotatable bonds is 4. The Balaban J connectivity index is 0.000000872. The second-order valence-corrected chi connectivity index (χ2v) is 6.86. The molecule has 1 aliphatic carbocycles. The molecule has 1 saturated carbocycles. The lowest BCUT2D eigenvalue weighted by molar-refractivity contribution is 0.688. The number of aromatic amines is 2. The summed E-state index contributed by atoms with van der Waals surface area (Å²) in [6.07, 6.45) is 2.59. The molecule has 4 nitrogen and oxygen atoms in total. The molecule has 0 unspecified atom stereocenters. The summed E-state index contributed by atoms with van der Waals surface area (Å²) in [5, 5.41) is 5.71. The van der Waals surface area contributed by atoms with Crippen LogP contribution in [0.4, 0.5) is 0 Å². The Bertz CT molecular complexity index is 1140. The van der Waals surface area contributed by atoms with E-state index in [4.69, 9.17) is 0 Å². The van der Waals surface area contributed by atoms with Gasteiger partial charge in [-0.25, -0.2) is 0 Å². The van der Waals surface area contributed by atoms with E-state index in [0.717, 1.165) is 34.0 Å². The standard InChI is InChI=1S/C21H19N3O.C2H6/c25-21-17(10-14-3-1-2-4-18(14)24-21)20-11-15-9-13(5-8-19(15)23-20)12-22-16-6-7-16;1-2/h1-5,8-11,16,22-23H,6-7,12H2,(H,24,25);1-2H3. The van der Waals surface area contributed by atoms with Gasteiger partial charge in [-0.2, -0.15) is 0 Å². The second-order valence-electron chi connectivity index (χ2n) is 6.86. The summed E-state index contributed by atoms with van der Waals surface area (Å²) in [6, 6.07) is 19.0. The molecule has 2 aromatic heterocycles. The van der Waals surface area contributed by atoms with Crippen LogP contribution in [-0.2, 0) is 6.54 Å². The minimum atomic E-state index is -0.0686. The Morgan fingerprint density at radius 3 is 2.52 bits per heavy atom. The smallest absolute Gasteiger partial charge is 0.257 e. The molecule has 138 valence electrons. The first-order valence-corrected chi connectivity index (χ1v) is 9.74. The van der Waals surface area contributed by atoms with E-state index in [1.165, 1.54) is 18.4 Å². The van der Waals surface area contributed by atoms with Crippen molar-refractivity contribution in [1.29, 1.82) is 0 Å².